The molecule has 3 aromatic rings. The number of carbonyl (C=O) groups excluding carboxylic acids is 2. The van der Waals surface area contributed by atoms with E-state index in [1.54, 1.807) is 24.1 Å². The lowest BCUT2D eigenvalue weighted by Gasteiger charge is -2.27. The molecule has 0 fully saturated rings. The largest absolute Gasteiger partial charge is 0.481 e. The average Bonchev–Trinajstić information content (AvgIpc) is 3.43. The normalized spacial score (nSPS) is 14.5. The molecule has 4 heterocycles. The van der Waals surface area contributed by atoms with Crippen molar-refractivity contribution in [3.8, 4) is 11.9 Å². The molecule has 2 N–H and O–H groups in total. The van der Waals surface area contributed by atoms with Gasteiger partial charge in [0.25, 0.3) is 5.91 Å². The Morgan fingerprint density at radius 1 is 1.11 bits per heavy atom. The number of thiazole rings is 1. The van der Waals surface area contributed by atoms with Gasteiger partial charge in [-0.15, -0.1) is 0 Å². The first-order valence-corrected chi connectivity index (χ1v) is 12.4. The summed E-state index contributed by atoms with van der Waals surface area (Å²) in [7, 11) is 3.06. The minimum Gasteiger partial charge on any atom is -0.481 e. The van der Waals surface area contributed by atoms with E-state index in [0.717, 1.165) is 16.1 Å². The number of nitrogens with zero attached hydrogens (tertiary/aromatic N) is 5. The van der Waals surface area contributed by atoms with Crippen molar-refractivity contribution in [1.29, 1.82) is 0 Å². The number of benzene rings is 1. The predicted molar refractivity (Wildman–Crippen MR) is 136 cm³/mol. The number of nitrogens with one attached hydrogen (secondary N) is 2. The molecule has 2 aliphatic rings. The molecular formula is C24H27N7O4S. The molecule has 12 heteroatoms. The Bertz CT molecular complexity index is 1300. The maximum absolute atomic E-state index is 12.9. The van der Waals surface area contributed by atoms with Gasteiger partial charge in [0.05, 0.1) is 37.7 Å². The van der Waals surface area contributed by atoms with E-state index in [2.05, 4.69) is 30.5 Å². The van der Waals surface area contributed by atoms with Gasteiger partial charge < -0.3 is 24.6 Å². The quantitative estimate of drug-likeness (QED) is 0.518. The van der Waals surface area contributed by atoms with Crippen LogP contribution in [0.2, 0.25) is 0 Å². The van der Waals surface area contributed by atoms with Crippen LogP contribution in [0, 0.1) is 0 Å². The van der Waals surface area contributed by atoms with Crippen LogP contribution in [0.5, 0.6) is 11.9 Å². The Morgan fingerprint density at radius 2 is 1.94 bits per heavy atom. The van der Waals surface area contributed by atoms with Crippen LogP contribution in [-0.4, -0.2) is 58.6 Å². The highest BCUT2D eigenvalue weighted by Gasteiger charge is 2.32. The first kappa shape index (κ1) is 23.8. The third kappa shape index (κ3) is 4.51. The molecule has 0 saturated heterocycles. The number of rotatable bonds is 6. The molecule has 3 amide bonds. The summed E-state index contributed by atoms with van der Waals surface area (Å²) in [6.45, 7) is 5.80. The summed E-state index contributed by atoms with van der Waals surface area (Å²) >= 11 is 1.42. The summed E-state index contributed by atoms with van der Waals surface area (Å²) in [5.41, 5.74) is 2.90. The highest BCUT2D eigenvalue weighted by atomic mass is 32.1. The molecule has 0 spiro atoms. The molecule has 36 heavy (non-hydrogen) atoms. The van der Waals surface area contributed by atoms with Crippen LogP contribution in [0.15, 0.2) is 24.3 Å². The van der Waals surface area contributed by atoms with Crippen molar-refractivity contribution in [2.24, 2.45) is 0 Å². The lowest BCUT2D eigenvalue weighted by Crippen LogP contribution is -2.31. The Labute approximate surface area is 212 Å². The molecule has 0 saturated carbocycles. The fourth-order valence-electron chi connectivity index (χ4n) is 4.35. The first-order valence-electron chi connectivity index (χ1n) is 11.6. The van der Waals surface area contributed by atoms with Crippen LogP contribution >= 0.6 is 11.3 Å². The smallest absolute Gasteiger partial charge is 0.325 e. The van der Waals surface area contributed by atoms with Crippen LogP contribution < -0.4 is 25.0 Å². The highest BCUT2D eigenvalue weighted by molar-refractivity contribution is 7.15. The summed E-state index contributed by atoms with van der Waals surface area (Å²) in [6, 6.07) is 7.16. The molecule has 0 aliphatic carbocycles. The minimum absolute atomic E-state index is 0.0707. The van der Waals surface area contributed by atoms with Crippen molar-refractivity contribution in [3.63, 3.8) is 0 Å². The van der Waals surface area contributed by atoms with E-state index in [0.29, 0.717) is 54.1 Å². The lowest BCUT2D eigenvalue weighted by atomic mass is 10.1. The predicted octanol–water partition coefficient (Wildman–Crippen LogP) is 3.52. The van der Waals surface area contributed by atoms with E-state index in [4.69, 9.17) is 9.47 Å². The summed E-state index contributed by atoms with van der Waals surface area (Å²) in [5.74, 6) is 1.05. The van der Waals surface area contributed by atoms with Crippen LogP contribution in [0.4, 0.5) is 21.4 Å². The molecule has 1 aromatic carbocycles. The van der Waals surface area contributed by atoms with Crippen molar-refractivity contribution < 1.29 is 19.1 Å². The van der Waals surface area contributed by atoms with Gasteiger partial charge in [-0.05, 0) is 25.5 Å². The molecule has 5 rings (SSSR count). The second-order valence-electron chi connectivity index (χ2n) is 8.76. The number of methoxy groups -OCH3 is 2. The monoisotopic (exact) mass is 509 g/mol. The fraction of sp³-hybridized carbons (Fsp3) is 0.375. The van der Waals surface area contributed by atoms with Gasteiger partial charge in [-0.3, -0.25) is 10.1 Å². The SMILES string of the molecule is COc1cc(N2CCc3nc(NC(=O)Nc4cccc5c4C(=O)N(C(C)C)C5)sc3C2)nc(OC)n1. The van der Waals surface area contributed by atoms with Crippen molar-refractivity contribution in [1.82, 2.24) is 19.9 Å². The van der Waals surface area contributed by atoms with Gasteiger partial charge in [-0.25, -0.2) is 9.78 Å². The van der Waals surface area contributed by atoms with Gasteiger partial charge in [0.2, 0.25) is 5.88 Å². The average molecular weight is 510 g/mol. The summed E-state index contributed by atoms with van der Waals surface area (Å²) in [4.78, 5) is 43.8. The Kier molecular flexibility index (Phi) is 6.35. The van der Waals surface area contributed by atoms with Crippen molar-refractivity contribution >= 4 is 39.9 Å². The number of amides is 3. The van der Waals surface area contributed by atoms with Gasteiger partial charge >= 0.3 is 12.0 Å². The second kappa shape index (κ2) is 9.61. The van der Waals surface area contributed by atoms with E-state index < -0.39 is 6.03 Å². The molecule has 188 valence electrons. The number of anilines is 3. The number of hydrogen-bond acceptors (Lipinski definition) is 9. The maximum atomic E-state index is 12.9. The van der Waals surface area contributed by atoms with E-state index in [1.165, 1.54) is 18.4 Å². The van der Waals surface area contributed by atoms with E-state index in [-0.39, 0.29) is 18.0 Å². The Balaban J connectivity index is 1.28. The molecular weight excluding hydrogens is 482 g/mol. The maximum Gasteiger partial charge on any atom is 0.325 e. The Morgan fingerprint density at radius 3 is 2.69 bits per heavy atom. The number of ether oxygens (including phenoxy) is 2. The minimum atomic E-state index is -0.438. The molecule has 0 bridgehead atoms. The summed E-state index contributed by atoms with van der Waals surface area (Å²) in [6.07, 6.45) is 0.704. The molecule has 2 aromatic heterocycles. The van der Waals surface area contributed by atoms with Crippen LogP contribution in [0.3, 0.4) is 0 Å². The lowest BCUT2D eigenvalue weighted by molar-refractivity contribution is 0.0731. The number of hydrogen-bond donors (Lipinski definition) is 2. The van der Waals surface area contributed by atoms with E-state index in [9.17, 15) is 9.59 Å². The van der Waals surface area contributed by atoms with Gasteiger partial charge in [0.1, 0.15) is 5.82 Å². The van der Waals surface area contributed by atoms with Gasteiger partial charge in [0.15, 0.2) is 5.13 Å². The third-order valence-corrected chi connectivity index (χ3v) is 7.17. The topological polar surface area (TPSA) is 122 Å². The van der Waals surface area contributed by atoms with Crippen molar-refractivity contribution in [3.05, 3.63) is 46.0 Å². The van der Waals surface area contributed by atoms with E-state index in [1.807, 2.05) is 26.0 Å². The van der Waals surface area contributed by atoms with Crippen LogP contribution in [0.1, 0.15) is 40.3 Å². The number of urea groups is 1. The Hall–Kier alpha value is -3.93. The van der Waals surface area contributed by atoms with Crippen LogP contribution in [-0.2, 0) is 19.5 Å². The first-order chi connectivity index (χ1) is 17.4. The summed E-state index contributed by atoms with van der Waals surface area (Å²) in [5, 5.41) is 6.16. The second-order valence-corrected chi connectivity index (χ2v) is 9.84. The van der Waals surface area contributed by atoms with E-state index >= 15 is 0 Å². The number of carbonyl (C=O) groups is 2. The van der Waals surface area contributed by atoms with Gasteiger partial charge in [0, 0.05) is 36.5 Å². The van der Waals surface area contributed by atoms with Crippen molar-refractivity contribution in [2.45, 2.75) is 39.4 Å². The zero-order valence-electron chi connectivity index (χ0n) is 20.5. The molecule has 2 aliphatic heterocycles. The van der Waals surface area contributed by atoms with Crippen LogP contribution in [0.25, 0.3) is 0 Å². The molecule has 11 nitrogen and oxygen atoms in total. The number of fused-ring (bicyclic) bond motifs is 2. The van der Waals surface area contributed by atoms with Crippen molar-refractivity contribution in [2.75, 3.05) is 36.3 Å². The van der Waals surface area contributed by atoms with Gasteiger partial charge in [-0.1, -0.05) is 23.5 Å². The third-order valence-electron chi connectivity index (χ3n) is 6.17. The molecule has 0 unspecified atom stereocenters. The molecule has 0 atom stereocenters. The zero-order chi connectivity index (χ0) is 25.4. The standard InChI is InChI=1S/C24H27N7O4S/c1-13(2)31-11-14-6-5-7-16(20(14)21(31)32)25-22(33)29-24-26-15-8-9-30(12-17(15)36-24)18-10-19(34-3)28-23(27-18)35-4/h5-7,10,13H,8-9,11-12H2,1-4H3,(H2,25,26,29,33). The highest BCUT2D eigenvalue weighted by Crippen LogP contribution is 2.33. The van der Waals surface area contributed by atoms with Gasteiger partial charge in [-0.2, -0.15) is 9.97 Å². The number of aromatic nitrogens is 3. The zero-order valence-corrected chi connectivity index (χ0v) is 21.3. The fourth-order valence-corrected chi connectivity index (χ4v) is 5.37. The molecule has 0 radical (unpaired) electrons. The summed E-state index contributed by atoms with van der Waals surface area (Å²) < 4.78 is 10.4.